The third kappa shape index (κ3) is 6.94. The average molecular weight is 384 g/mol. The summed E-state index contributed by atoms with van der Waals surface area (Å²) in [4.78, 5) is 14.5. The second-order valence-electron chi connectivity index (χ2n) is 6.03. The van der Waals surface area contributed by atoms with Crippen molar-refractivity contribution in [3.63, 3.8) is 0 Å². The lowest BCUT2D eigenvalue weighted by atomic mass is 10.1. The number of hydrogen-bond donors (Lipinski definition) is 2. The molecule has 0 spiro atoms. The average Bonchev–Trinajstić information content (AvgIpc) is 2.55. The first-order valence-electron chi connectivity index (χ1n) is 7.86. The van der Waals surface area contributed by atoms with E-state index < -0.39 is 0 Å². The maximum Gasteiger partial charge on any atom is 0.251 e. The number of nitrogens with two attached hydrogens (primary N) is 1. The van der Waals surface area contributed by atoms with Crippen molar-refractivity contribution in [2.45, 2.75) is 26.4 Å². The van der Waals surface area contributed by atoms with Gasteiger partial charge >= 0.3 is 0 Å². The fourth-order valence-electron chi connectivity index (χ4n) is 2.40. The van der Waals surface area contributed by atoms with Crippen molar-refractivity contribution >= 4 is 36.4 Å². The third-order valence-corrected chi connectivity index (χ3v) is 4.09. The van der Waals surface area contributed by atoms with Crippen molar-refractivity contribution in [3.8, 4) is 0 Å². The first kappa shape index (κ1) is 23.2. The van der Waals surface area contributed by atoms with Crippen LogP contribution in [0.3, 0.4) is 0 Å². The van der Waals surface area contributed by atoms with Gasteiger partial charge in [-0.25, -0.2) is 0 Å². The lowest BCUT2D eigenvalue weighted by Crippen LogP contribution is -2.40. The number of likely N-dealkylation sites (N-methyl/N-ethyl adjacent to an activating group) is 1. The lowest BCUT2D eigenvalue weighted by Gasteiger charge is -2.25. The zero-order valence-electron chi connectivity index (χ0n) is 14.9. The highest BCUT2D eigenvalue weighted by Crippen LogP contribution is 2.12. The maximum atomic E-state index is 12.3. The summed E-state index contributed by atoms with van der Waals surface area (Å²) >= 11 is 0. The van der Waals surface area contributed by atoms with Crippen molar-refractivity contribution in [1.82, 2.24) is 10.2 Å². The van der Waals surface area contributed by atoms with Gasteiger partial charge in [0.15, 0.2) is 0 Å². The minimum atomic E-state index is -0.0743. The van der Waals surface area contributed by atoms with Crippen molar-refractivity contribution in [2.75, 3.05) is 19.3 Å². The second-order valence-corrected chi connectivity index (χ2v) is 6.03. The van der Waals surface area contributed by atoms with Crippen molar-refractivity contribution in [1.29, 1.82) is 0 Å². The Hall–Kier alpha value is -1.75. The highest BCUT2D eigenvalue weighted by atomic mass is 35.5. The highest BCUT2D eigenvalue weighted by Gasteiger charge is 2.13. The molecule has 2 aromatic carbocycles. The van der Waals surface area contributed by atoms with Gasteiger partial charge in [-0.1, -0.05) is 36.4 Å². The van der Waals surface area contributed by atoms with Crippen LogP contribution in [0.5, 0.6) is 0 Å². The van der Waals surface area contributed by atoms with Gasteiger partial charge in [-0.15, -0.1) is 24.8 Å². The molecule has 0 aliphatic carbocycles. The van der Waals surface area contributed by atoms with Crippen LogP contribution in [0.1, 0.15) is 28.4 Å². The minimum absolute atomic E-state index is 0. The molecule has 25 heavy (non-hydrogen) atoms. The largest absolute Gasteiger partial charge is 0.399 e. The van der Waals surface area contributed by atoms with Gasteiger partial charge in [-0.3, -0.25) is 9.69 Å². The van der Waals surface area contributed by atoms with E-state index in [4.69, 9.17) is 5.73 Å². The van der Waals surface area contributed by atoms with Crippen LogP contribution in [0.15, 0.2) is 48.5 Å². The van der Waals surface area contributed by atoms with Crippen molar-refractivity contribution in [3.05, 3.63) is 65.2 Å². The van der Waals surface area contributed by atoms with Gasteiger partial charge in [-0.2, -0.15) is 0 Å². The molecule has 6 heteroatoms. The Bertz CT molecular complexity index is 665. The summed E-state index contributed by atoms with van der Waals surface area (Å²) in [6, 6.07) is 16.0. The fraction of sp³-hybridized carbons (Fsp3) is 0.316. The van der Waals surface area contributed by atoms with E-state index in [9.17, 15) is 4.79 Å². The maximum absolute atomic E-state index is 12.3. The molecule has 0 fully saturated rings. The van der Waals surface area contributed by atoms with Gasteiger partial charge in [0.2, 0.25) is 0 Å². The Morgan fingerprint density at radius 3 is 2.44 bits per heavy atom. The molecule has 0 bridgehead atoms. The van der Waals surface area contributed by atoms with Crippen molar-refractivity contribution < 1.29 is 4.79 Å². The van der Waals surface area contributed by atoms with Gasteiger partial charge in [-0.05, 0) is 44.2 Å². The van der Waals surface area contributed by atoms with Crippen LogP contribution in [-0.4, -0.2) is 30.4 Å². The molecule has 2 rings (SSSR count). The molecule has 2 aromatic rings. The summed E-state index contributed by atoms with van der Waals surface area (Å²) in [7, 11) is 2.07. The van der Waals surface area contributed by atoms with Gasteiger partial charge in [0.1, 0.15) is 0 Å². The lowest BCUT2D eigenvalue weighted by molar-refractivity contribution is 0.0939. The number of nitrogens with zero attached hydrogens (tertiary/aromatic N) is 1. The van der Waals surface area contributed by atoms with Crippen LogP contribution in [0.25, 0.3) is 0 Å². The molecule has 1 atom stereocenters. The molecule has 0 radical (unpaired) electrons. The number of carbonyl (C=O) groups excluding carboxylic acids is 1. The topological polar surface area (TPSA) is 58.4 Å². The first-order valence-corrected chi connectivity index (χ1v) is 7.86. The summed E-state index contributed by atoms with van der Waals surface area (Å²) in [5, 5.41) is 3.00. The monoisotopic (exact) mass is 383 g/mol. The van der Waals surface area contributed by atoms with Gasteiger partial charge in [0.25, 0.3) is 5.91 Å². The molecule has 1 unspecified atom stereocenters. The molecule has 0 saturated carbocycles. The third-order valence-electron chi connectivity index (χ3n) is 4.09. The molecule has 0 aliphatic rings. The van der Waals surface area contributed by atoms with Crippen molar-refractivity contribution in [2.24, 2.45) is 0 Å². The zero-order chi connectivity index (χ0) is 16.8. The quantitative estimate of drug-likeness (QED) is 0.748. The number of rotatable bonds is 6. The normalized spacial score (nSPS) is 11.2. The van der Waals surface area contributed by atoms with E-state index in [-0.39, 0.29) is 36.8 Å². The molecule has 3 N–H and O–H groups in total. The molecular formula is C19H27Cl2N3O. The number of carbonyl (C=O) groups is 1. The minimum Gasteiger partial charge on any atom is -0.399 e. The molecule has 0 heterocycles. The van der Waals surface area contributed by atoms with Gasteiger partial charge < -0.3 is 11.1 Å². The summed E-state index contributed by atoms with van der Waals surface area (Å²) in [5.74, 6) is -0.0743. The van der Waals surface area contributed by atoms with Gasteiger partial charge in [0, 0.05) is 30.4 Å². The van der Waals surface area contributed by atoms with Crippen LogP contribution in [-0.2, 0) is 6.54 Å². The second kappa shape index (κ2) is 11.0. The molecule has 0 aromatic heterocycles. The SMILES string of the molecule is Cc1ccc(N)cc1C(=O)NCC(C)N(C)Cc1ccccc1.Cl.Cl. The Labute approximate surface area is 162 Å². The number of nitrogens with one attached hydrogen (secondary N) is 1. The number of nitrogen functional groups attached to an aromatic ring is 1. The number of aryl methyl sites for hydroxylation is 1. The summed E-state index contributed by atoms with van der Waals surface area (Å²) in [6.45, 7) is 5.47. The Morgan fingerprint density at radius 2 is 1.80 bits per heavy atom. The van der Waals surface area contributed by atoms with E-state index in [0.717, 1.165) is 12.1 Å². The highest BCUT2D eigenvalue weighted by molar-refractivity contribution is 5.96. The number of hydrogen-bond acceptors (Lipinski definition) is 3. The zero-order valence-corrected chi connectivity index (χ0v) is 16.5. The van der Waals surface area contributed by atoms with E-state index in [0.29, 0.717) is 17.8 Å². The first-order chi connectivity index (χ1) is 11.0. The van der Waals surface area contributed by atoms with E-state index >= 15 is 0 Å². The van der Waals surface area contributed by atoms with E-state index in [1.807, 2.05) is 37.3 Å². The summed E-state index contributed by atoms with van der Waals surface area (Å²) in [6.07, 6.45) is 0. The van der Waals surface area contributed by atoms with E-state index in [2.05, 4.69) is 36.3 Å². The fourth-order valence-corrected chi connectivity index (χ4v) is 2.40. The van der Waals surface area contributed by atoms with Crippen LogP contribution in [0.2, 0.25) is 0 Å². The number of benzene rings is 2. The molecule has 138 valence electrons. The smallest absolute Gasteiger partial charge is 0.251 e. The molecule has 4 nitrogen and oxygen atoms in total. The number of halogens is 2. The Balaban J connectivity index is 0.00000288. The Morgan fingerprint density at radius 1 is 1.16 bits per heavy atom. The van der Waals surface area contributed by atoms with Crippen LogP contribution in [0.4, 0.5) is 5.69 Å². The van der Waals surface area contributed by atoms with Gasteiger partial charge in [0.05, 0.1) is 0 Å². The molecule has 0 aliphatic heterocycles. The van der Waals surface area contributed by atoms with Crippen LogP contribution in [0, 0.1) is 6.92 Å². The van der Waals surface area contributed by atoms with E-state index in [1.165, 1.54) is 5.56 Å². The number of amides is 1. The molecular weight excluding hydrogens is 357 g/mol. The number of anilines is 1. The van der Waals surface area contributed by atoms with Crippen LogP contribution < -0.4 is 11.1 Å². The molecule has 0 saturated heterocycles. The summed E-state index contributed by atoms with van der Waals surface area (Å²) in [5.41, 5.74) is 9.21. The predicted molar refractivity (Wildman–Crippen MR) is 110 cm³/mol. The predicted octanol–water partition coefficient (Wildman–Crippen LogP) is 3.67. The standard InChI is InChI=1S/C19H25N3O.2ClH/c1-14-9-10-17(20)11-18(14)19(23)21-12-15(2)22(3)13-16-7-5-4-6-8-16;;/h4-11,15H,12-13,20H2,1-3H3,(H,21,23);2*1H. The van der Waals surface area contributed by atoms with E-state index in [1.54, 1.807) is 6.07 Å². The van der Waals surface area contributed by atoms with Crippen LogP contribution >= 0.6 is 24.8 Å². The Kier molecular flexibility index (Phi) is 10.2. The summed E-state index contributed by atoms with van der Waals surface area (Å²) < 4.78 is 0. The molecule has 1 amide bonds.